The van der Waals surface area contributed by atoms with Crippen molar-refractivity contribution in [1.82, 2.24) is 0 Å². The molecule has 0 saturated heterocycles. The molecule has 0 spiro atoms. The molecule has 1 rings (SSSR count). The lowest BCUT2D eigenvalue weighted by Gasteiger charge is -2.08. The van der Waals surface area contributed by atoms with Crippen LogP contribution in [-0.2, 0) is 4.74 Å². The van der Waals surface area contributed by atoms with Gasteiger partial charge in [0.1, 0.15) is 0 Å². The van der Waals surface area contributed by atoms with Gasteiger partial charge in [-0.2, -0.15) is 0 Å². The van der Waals surface area contributed by atoms with E-state index in [0.29, 0.717) is 0 Å². The Bertz CT molecular complexity index is 91.3. The molecule has 0 amide bonds. The summed E-state index contributed by atoms with van der Waals surface area (Å²) < 4.78 is 5.39. The predicted octanol–water partition coefficient (Wildman–Crippen LogP) is 1.15. The van der Waals surface area contributed by atoms with Crippen LogP contribution in [0.15, 0.2) is 0 Å². The standard InChI is InChI=1S/C8H17NO/c1-2-8(9)6-10-5-7-3-4-7/h7-8H,2-6,9H2,1H3. The molecule has 0 radical (unpaired) electrons. The van der Waals surface area contributed by atoms with E-state index in [-0.39, 0.29) is 6.04 Å². The van der Waals surface area contributed by atoms with Crippen LogP contribution in [-0.4, -0.2) is 19.3 Å². The fourth-order valence-electron chi connectivity index (χ4n) is 0.788. The maximum atomic E-state index is 5.65. The SMILES string of the molecule is CCC(N)COCC1CC1. The molecule has 1 aliphatic rings. The van der Waals surface area contributed by atoms with Crippen molar-refractivity contribution >= 4 is 0 Å². The number of rotatable bonds is 5. The van der Waals surface area contributed by atoms with Crippen molar-refractivity contribution in [3.05, 3.63) is 0 Å². The first kappa shape index (κ1) is 8.02. The van der Waals surface area contributed by atoms with Gasteiger partial charge in [-0.15, -0.1) is 0 Å². The molecule has 0 bridgehead atoms. The molecule has 0 aromatic carbocycles. The van der Waals surface area contributed by atoms with Crippen LogP contribution in [0.1, 0.15) is 26.2 Å². The molecule has 0 aromatic heterocycles. The van der Waals surface area contributed by atoms with E-state index in [0.717, 1.165) is 25.6 Å². The fraction of sp³-hybridized carbons (Fsp3) is 1.00. The molecule has 2 nitrogen and oxygen atoms in total. The van der Waals surface area contributed by atoms with Crippen molar-refractivity contribution in [2.75, 3.05) is 13.2 Å². The highest BCUT2D eigenvalue weighted by molar-refractivity contribution is 4.72. The van der Waals surface area contributed by atoms with E-state index in [1.165, 1.54) is 12.8 Å². The van der Waals surface area contributed by atoms with Gasteiger partial charge in [-0.05, 0) is 25.2 Å². The van der Waals surface area contributed by atoms with Gasteiger partial charge in [0.25, 0.3) is 0 Å². The summed E-state index contributed by atoms with van der Waals surface area (Å²) in [5, 5.41) is 0. The van der Waals surface area contributed by atoms with Gasteiger partial charge in [0.2, 0.25) is 0 Å². The summed E-state index contributed by atoms with van der Waals surface area (Å²) in [6.07, 6.45) is 3.74. The van der Waals surface area contributed by atoms with E-state index in [4.69, 9.17) is 10.5 Å². The Hall–Kier alpha value is -0.0800. The lowest BCUT2D eigenvalue weighted by Crippen LogP contribution is -2.25. The number of hydrogen-bond acceptors (Lipinski definition) is 2. The molecular weight excluding hydrogens is 126 g/mol. The molecule has 2 heteroatoms. The van der Waals surface area contributed by atoms with Crippen LogP contribution in [0.25, 0.3) is 0 Å². The summed E-state index contributed by atoms with van der Waals surface area (Å²) in [5.41, 5.74) is 5.65. The lowest BCUT2D eigenvalue weighted by atomic mass is 10.3. The van der Waals surface area contributed by atoms with E-state index in [1.807, 2.05) is 0 Å². The van der Waals surface area contributed by atoms with Crippen molar-refractivity contribution in [2.45, 2.75) is 32.2 Å². The zero-order valence-corrected chi connectivity index (χ0v) is 6.68. The van der Waals surface area contributed by atoms with Gasteiger partial charge in [0.15, 0.2) is 0 Å². The molecule has 0 heterocycles. The molecule has 1 atom stereocenters. The Morgan fingerprint density at radius 3 is 2.80 bits per heavy atom. The van der Waals surface area contributed by atoms with Gasteiger partial charge < -0.3 is 10.5 Å². The fourth-order valence-corrected chi connectivity index (χ4v) is 0.788. The normalized spacial score (nSPS) is 21.0. The summed E-state index contributed by atoms with van der Waals surface area (Å²) in [6, 6.07) is 0.249. The number of nitrogens with two attached hydrogens (primary N) is 1. The van der Waals surface area contributed by atoms with Gasteiger partial charge in [-0.25, -0.2) is 0 Å². The molecule has 1 fully saturated rings. The summed E-state index contributed by atoms with van der Waals surface area (Å²) in [4.78, 5) is 0. The summed E-state index contributed by atoms with van der Waals surface area (Å²) in [7, 11) is 0. The number of hydrogen-bond donors (Lipinski definition) is 1. The quantitative estimate of drug-likeness (QED) is 0.626. The van der Waals surface area contributed by atoms with Crippen molar-refractivity contribution in [3.63, 3.8) is 0 Å². The van der Waals surface area contributed by atoms with E-state index in [2.05, 4.69) is 6.92 Å². The van der Waals surface area contributed by atoms with Gasteiger partial charge in [0, 0.05) is 12.6 Å². The molecule has 0 aromatic rings. The number of ether oxygens (including phenoxy) is 1. The van der Waals surface area contributed by atoms with E-state index in [9.17, 15) is 0 Å². The Balaban J connectivity index is 1.83. The van der Waals surface area contributed by atoms with Crippen LogP contribution in [0.4, 0.5) is 0 Å². The first-order valence-corrected chi connectivity index (χ1v) is 4.16. The van der Waals surface area contributed by atoms with Gasteiger partial charge in [0.05, 0.1) is 6.61 Å². The van der Waals surface area contributed by atoms with Gasteiger partial charge in [-0.3, -0.25) is 0 Å². The Morgan fingerprint density at radius 2 is 2.30 bits per heavy atom. The van der Waals surface area contributed by atoms with Crippen molar-refractivity contribution in [3.8, 4) is 0 Å². The van der Waals surface area contributed by atoms with Gasteiger partial charge >= 0.3 is 0 Å². The van der Waals surface area contributed by atoms with Crippen molar-refractivity contribution in [2.24, 2.45) is 11.7 Å². The molecule has 60 valence electrons. The average Bonchev–Trinajstić information content (AvgIpc) is 2.71. The van der Waals surface area contributed by atoms with Crippen LogP contribution >= 0.6 is 0 Å². The van der Waals surface area contributed by atoms with Crippen LogP contribution in [0.2, 0.25) is 0 Å². The van der Waals surface area contributed by atoms with Gasteiger partial charge in [-0.1, -0.05) is 6.92 Å². The van der Waals surface area contributed by atoms with Crippen molar-refractivity contribution in [1.29, 1.82) is 0 Å². The molecule has 1 unspecified atom stereocenters. The third-order valence-electron chi connectivity index (χ3n) is 1.91. The minimum atomic E-state index is 0.249. The maximum Gasteiger partial charge on any atom is 0.0617 e. The molecule has 1 aliphatic carbocycles. The Morgan fingerprint density at radius 1 is 1.60 bits per heavy atom. The second-order valence-corrected chi connectivity index (χ2v) is 3.15. The van der Waals surface area contributed by atoms with Crippen LogP contribution < -0.4 is 5.73 Å². The minimum Gasteiger partial charge on any atom is -0.380 e. The predicted molar refractivity (Wildman–Crippen MR) is 41.8 cm³/mol. The Kier molecular flexibility index (Phi) is 3.16. The smallest absolute Gasteiger partial charge is 0.0617 e. The largest absolute Gasteiger partial charge is 0.380 e. The van der Waals surface area contributed by atoms with E-state index < -0.39 is 0 Å². The summed E-state index contributed by atoms with van der Waals surface area (Å²) in [6.45, 7) is 3.77. The molecule has 2 N–H and O–H groups in total. The van der Waals surface area contributed by atoms with Crippen molar-refractivity contribution < 1.29 is 4.74 Å². The maximum absolute atomic E-state index is 5.65. The highest BCUT2D eigenvalue weighted by Gasteiger charge is 2.21. The second kappa shape index (κ2) is 3.94. The second-order valence-electron chi connectivity index (χ2n) is 3.15. The molecule has 1 saturated carbocycles. The zero-order valence-electron chi connectivity index (χ0n) is 6.68. The van der Waals surface area contributed by atoms with Crippen LogP contribution in [0.5, 0.6) is 0 Å². The topological polar surface area (TPSA) is 35.2 Å². The Labute approximate surface area is 62.7 Å². The third kappa shape index (κ3) is 3.18. The van der Waals surface area contributed by atoms with E-state index in [1.54, 1.807) is 0 Å². The monoisotopic (exact) mass is 143 g/mol. The average molecular weight is 143 g/mol. The molecule has 0 aliphatic heterocycles. The zero-order chi connectivity index (χ0) is 7.40. The van der Waals surface area contributed by atoms with Crippen LogP contribution in [0, 0.1) is 5.92 Å². The molecular formula is C8H17NO. The lowest BCUT2D eigenvalue weighted by molar-refractivity contribution is 0.111. The highest BCUT2D eigenvalue weighted by atomic mass is 16.5. The third-order valence-corrected chi connectivity index (χ3v) is 1.91. The van der Waals surface area contributed by atoms with E-state index >= 15 is 0 Å². The first-order chi connectivity index (χ1) is 4.83. The first-order valence-electron chi connectivity index (χ1n) is 4.16. The molecule has 10 heavy (non-hydrogen) atoms. The summed E-state index contributed by atoms with van der Waals surface area (Å²) >= 11 is 0. The minimum absolute atomic E-state index is 0.249. The van der Waals surface area contributed by atoms with Crippen LogP contribution in [0.3, 0.4) is 0 Å². The highest BCUT2D eigenvalue weighted by Crippen LogP contribution is 2.28. The summed E-state index contributed by atoms with van der Waals surface area (Å²) in [5.74, 6) is 0.865.